The molecule has 0 aromatic heterocycles. The lowest BCUT2D eigenvalue weighted by molar-refractivity contribution is -0.0491. The van der Waals surface area contributed by atoms with Crippen LogP contribution in [0.3, 0.4) is 0 Å². The lowest BCUT2D eigenvalue weighted by atomic mass is 10.0. The van der Waals surface area contributed by atoms with E-state index in [1.807, 2.05) is 0 Å². The topological polar surface area (TPSA) is 63.3 Å². The van der Waals surface area contributed by atoms with Crippen LogP contribution in [0.4, 0.5) is 0 Å². The van der Waals surface area contributed by atoms with Gasteiger partial charge >= 0.3 is 0 Å². The maximum Gasteiger partial charge on any atom is 0.191 e. The summed E-state index contributed by atoms with van der Waals surface area (Å²) in [5.74, 6) is 0.645. The third kappa shape index (κ3) is 5.54. The van der Waals surface area contributed by atoms with Gasteiger partial charge in [-0.1, -0.05) is 0 Å². The van der Waals surface area contributed by atoms with Crippen molar-refractivity contribution in [1.82, 2.24) is 9.80 Å². The van der Waals surface area contributed by atoms with Gasteiger partial charge in [0.2, 0.25) is 0 Å². The molecule has 0 radical (unpaired) electrons. The van der Waals surface area contributed by atoms with E-state index in [4.69, 9.17) is 15.2 Å². The van der Waals surface area contributed by atoms with Crippen molar-refractivity contribution in [2.24, 2.45) is 10.7 Å². The van der Waals surface area contributed by atoms with Crippen molar-refractivity contribution in [3.63, 3.8) is 0 Å². The summed E-state index contributed by atoms with van der Waals surface area (Å²) >= 11 is 0. The summed E-state index contributed by atoms with van der Waals surface area (Å²) in [5, 5.41) is 0. The van der Waals surface area contributed by atoms with Gasteiger partial charge in [-0.3, -0.25) is 9.89 Å². The van der Waals surface area contributed by atoms with Gasteiger partial charge in [0.1, 0.15) is 0 Å². The summed E-state index contributed by atoms with van der Waals surface area (Å²) in [4.78, 5) is 9.06. The summed E-state index contributed by atoms with van der Waals surface area (Å²) in [6.07, 6.45) is 0.232. The Morgan fingerprint density at radius 2 is 2.10 bits per heavy atom. The second-order valence-corrected chi connectivity index (χ2v) is 6.22. The predicted molar refractivity (Wildman–Crippen MR) is 95.4 cm³/mol. The molecule has 2 N–H and O–H groups in total. The summed E-state index contributed by atoms with van der Waals surface area (Å²) in [6, 6.07) is 0. The molecule has 2 heterocycles. The lowest BCUT2D eigenvalue weighted by Gasteiger charge is -2.41. The van der Waals surface area contributed by atoms with Gasteiger partial charge in [0.25, 0.3) is 0 Å². The van der Waals surface area contributed by atoms with E-state index >= 15 is 0 Å². The van der Waals surface area contributed by atoms with E-state index in [2.05, 4.69) is 35.6 Å². The predicted octanol–water partition coefficient (Wildman–Crippen LogP) is 0.751. The minimum atomic E-state index is 0. The average Bonchev–Trinajstić information content (AvgIpc) is 2.40. The van der Waals surface area contributed by atoms with E-state index in [0.717, 1.165) is 52.5 Å². The summed E-state index contributed by atoms with van der Waals surface area (Å²) in [6.45, 7) is 13.1. The van der Waals surface area contributed by atoms with Gasteiger partial charge in [0.15, 0.2) is 5.96 Å². The Hall–Kier alpha value is -0.120. The van der Waals surface area contributed by atoms with Gasteiger partial charge in [0, 0.05) is 31.7 Å². The van der Waals surface area contributed by atoms with Crippen molar-refractivity contribution in [3.8, 4) is 0 Å². The fraction of sp³-hybridized carbons (Fsp3) is 0.929. The van der Waals surface area contributed by atoms with Gasteiger partial charge < -0.3 is 20.1 Å². The zero-order valence-electron chi connectivity index (χ0n) is 13.4. The first-order chi connectivity index (χ1) is 9.49. The van der Waals surface area contributed by atoms with Crippen molar-refractivity contribution in [3.05, 3.63) is 0 Å². The van der Waals surface area contributed by atoms with Crippen LogP contribution in [0.5, 0.6) is 0 Å². The Balaban J connectivity index is 0.00000220. The van der Waals surface area contributed by atoms with Gasteiger partial charge in [0.05, 0.1) is 32.5 Å². The highest BCUT2D eigenvalue weighted by atomic mass is 127. The maximum atomic E-state index is 6.07. The zero-order valence-corrected chi connectivity index (χ0v) is 15.7. The molecule has 2 aliphatic heterocycles. The van der Waals surface area contributed by atoms with E-state index in [-0.39, 0.29) is 35.6 Å². The van der Waals surface area contributed by atoms with E-state index in [1.165, 1.54) is 0 Å². The number of halogens is 1. The Bertz CT molecular complexity index is 352. The Kier molecular flexibility index (Phi) is 7.66. The van der Waals surface area contributed by atoms with Crippen molar-refractivity contribution < 1.29 is 9.47 Å². The smallest absolute Gasteiger partial charge is 0.191 e. The molecule has 0 spiro atoms. The standard InChI is InChI=1S/C14H28N4O2.HI/c1-12-10-17(6-9-20-12)13(15)16-4-5-18-7-8-19-11-14(18,2)3;/h12H,4-11H2,1-3H3,(H2,15,16);1H. The van der Waals surface area contributed by atoms with Crippen LogP contribution in [-0.2, 0) is 9.47 Å². The number of hydrogen-bond acceptors (Lipinski definition) is 4. The molecule has 0 aromatic rings. The molecule has 1 unspecified atom stereocenters. The van der Waals surface area contributed by atoms with E-state index in [0.29, 0.717) is 5.96 Å². The fourth-order valence-electron chi connectivity index (χ4n) is 2.72. The molecule has 0 bridgehead atoms. The highest BCUT2D eigenvalue weighted by molar-refractivity contribution is 14.0. The number of guanidine groups is 1. The molecule has 124 valence electrons. The fourth-order valence-corrected chi connectivity index (χ4v) is 2.72. The molecule has 7 heteroatoms. The number of ether oxygens (including phenoxy) is 2. The Morgan fingerprint density at radius 3 is 2.76 bits per heavy atom. The highest BCUT2D eigenvalue weighted by Gasteiger charge is 2.29. The molecular weight excluding hydrogens is 383 g/mol. The molecule has 1 atom stereocenters. The molecule has 2 rings (SSSR count). The average molecular weight is 412 g/mol. The van der Waals surface area contributed by atoms with Crippen LogP contribution in [-0.4, -0.2) is 79.9 Å². The summed E-state index contributed by atoms with van der Waals surface area (Å²) < 4.78 is 11.0. The minimum absolute atomic E-state index is 0. The number of morpholine rings is 2. The number of nitrogens with two attached hydrogens (primary N) is 1. The van der Waals surface area contributed by atoms with E-state index in [9.17, 15) is 0 Å². The van der Waals surface area contributed by atoms with E-state index in [1.54, 1.807) is 0 Å². The quantitative estimate of drug-likeness (QED) is 0.421. The van der Waals surface area contributed by atoms with Crippen LogP contribution in [0.25, 0.3) is 0 Å². The lowest BCUT2D eigenvalue weighted by Crippen LogP contribution is -2.53. The molecule has 2 fully saturated rings. The van der Waals surface area contributed by atoms with Crippen LogP contribution < -0.4 is 5.73 Å². The molecule has 2 aliphatic rings. The van der Waals surface area contributed by atoms with Crippen LogP contribution in [0.15, 0.2) is 4.99 Å². The van der Waals surface area contributed by atoms with Crippen LogP contribution in [0.2, 0.25) is 0 Å². The molecule has 0 amide bonds. The first-order valence-corrected chi connectivity index (χ1v) is 7.48. The number of nitrogens with zero attached hydrogens (tertiary/aromatic N) is 3. The largest absolute Gasteiger partial charge is 0.378 e. The zero-order chi connectivity index (χ0) is 14.6. The van der Waals surface area contributed by atoms with Crippen LogP contribution in [0.1, 0.15) is 20.8 Å². The first-order valence-electron chi connectivity index (χ1n) is 7.48. The van der Waals surface area contributed by atoms with Crippen molar-refractivity contribution in [1.29, 1.82) is 0 Å². The molecule has 0 aromatic carbocycles. The molecule has 21 heavy (non-hydrogen) atoms. The third-order valence-electron chi connectivity index (χ3n) is 4.03. The second kappa shape index (κ2) is 8.50. The second-order valence-electron chi connectivity index (χ2n) is 6.22. The van der Waals surface area contributed by atoms with Gasteiger partial charge in [-0.15, -0.1) is 24.0 Å². The van der Waals surface area contributed by atoms with Crippen LogP contribution >= 0.6 is 24.0 Å². The minimum Gasteiger partial charge on any atom is -0.378 e. The Labute approximate surface area is 145 Å². The third-order valence-corrected chi connectivity index (χ3v) is 4.03. The van der Waals surface area contributed by atoms with Gasteiger partial charge in [-0.25, -0.2) is 0 Å². The Morgan fingerprint density at radius 1 is 1.33 bits per heavy atom. The van der Waals surface area contributed by atoms with Crippen molar-refractivity contribution >= 4 is 29.9 Å². The molecule has 0 saturated carbocycles. The molecule has 6 nitrogen and oxygen atoms in total. The highest BCUT2D eigenvalue weighted by Crippen LogP contribution is 2.18. The number of aliphatic imine (C=N–C) groups is 1. The SMILES string of the molecule is CC1CN(C(N)=NCCN2CCOCC2(C)C)CCO1.I. The van der Waals surface area contributed by atoms with Crippen LogP contribution in [0, 0.1) is 0 Å². The maximum absolute atomic E-state index is 6.07. The number of rotatable bonds is 3. The van der Waals surface area contributed by atoms with E-state index < -0.39 is 0 Å². The molecule has 2 saturated heterocycles. The summed E-state index contributed by atoms with van der Waals surface area (Å²) in [5.41, 5.74) is 6.16. The number of hydrogen-bond donors (Lipinski definition) is 1. The van der Waals surface area contributed by atoms with Crippen molar-refractivity contribution in [2.75, 3.05) is 52.5 Å². The molecular formula is C14H29IN4O2. The van der Waals surface area contributed by atoms with Gasteiger partial charge in [-0.2, -0.15) is 0 Å². The monoisotopic (exact) mass is 412 g/mol. The summed E-state index contributed by atoms with van der Waals surface area (Å²) in [7, 11) is 0. The van der Waals surface area contributed by atoms with Crippen molar-refractivity contribution in [2.45, 2.75) is 32.4 Å². The molecule has 0 aliphatic carbocycles. The first kappa shape index (κ1) is 18.9. The normalized spacial score (nSPS) is 27.3. The van der Waals surface area contributed by atoms with Gasteiger partial charge in [-0.05, 0) is 20.8 Å².